The van der Waals surface area contributed by atoms with Crippen molar-refractivity contribution in [2.24, 2.45) is 5.73 Å². The van der Waals surface area contributed by atoms with Gasteiger partial charge in [-0.25, -0.2) is 14.8 Å². The van der Waals surface area contributed by atoms with Gasteiger partial charge in [0.1, 0.15) is 11.6 Å². The lowest BCUT2D eigenvalue weighted by molar-refractivity contribution is 0.245. The lowest BCUT2D eigenvalue weighted by Gasteiger charge is -2.21. The first-order valence-electron chi connectivity index (χ1n) is 11.4. The van der Waals surface area contributed by atoms with Crippen LogP contribution in [0.25, 0.3) is 11.3 Å². The topological polar surface area (TPSA) is 102 Å². The molecule has 0 spiro atoms. The Balaban J connectivity index is 2.08. The van der Waals surface area contributed by atoms with E-state index in [4.69, 9.17) is 20.4 Å². The van der Waals surface area contributed by atoms with Crippen molar-refractivity contribution in [2.75, 3.05) is 12.4 Å². The van der Waals surface area contributed by atoms with E-state index < -0.39 is 6.03 Å². The van der Waals surface area contributed by atoms with Crippen LogP contribution in [0.5, 0.6) is 5.75 Å². The fraction of sp³-hybridized carbons (Fsp3) is 0.542. The fourth-order valence-electron chi connectivity index (χ4n) is 4.33. The van der Waals surface area contributed by atoms with Crippen molar-refractivity contribution in [3.8, 4) is 17.0 Å². The Labute approximate surface area is 185 Å². The second-order valence-electron chi connectivity index (χ2n) is 8.03. The van der Waals surface area contributed by atoms with E-state index in [0.717, 1.165) is 78.3 Å². The molecule has 0 fully saturated rings. The molecule has 2 aromatic rings. The number of aryl methyl sites for hydroxylation is 3. The van der Waals surface area contributed by atoms with Gasteiger partial charge in [-0.2, -0.15) is 0 Å². The molecule has 0 aliphatic heterocycles. The standard InChI is InChI=1S/C24H35N5O2/c1-6-15(7-2)26-23-19(9-4)27-22(18(8-3)28-23)17-12-14-10-11-20(29-24(25)30)16(14)13-21(17)31-5/h12-13,15,20H,6-11H2,1-5H3,(H,26,28)(H3,25,29,30). The van der Waals surface area contributed by atoms with Crippen LogP contribution in [-0.4, -0.2) is 29.2 Å². The number of hydrogen-bond acceptors (Lipinski definition) is 5. The van der Waals surface area contributed by atoms with E-state index >= 15 is 0 Å². The Morgan fingerprint density at radius 2 is 1.87 bits per heavy atom. The number of nitrogens with zero attached hydrogens (tertiary/aromatic N) is 2. The summed E-state index contributed by atoms with van der Waals surface area (Å²) in [6.45, 7) is 8.58. The molecule has 1 heterocycles. The van der Waals surface area contributed by atoms with Crippen molar-refractivity contribution >= 4 is 11.8 Å². The normalized spacial score (nSPS) is 15.1. The van der Waals surface area contributed by atoms with Crippen LogP contribution in [0.15, 0.2) is 12.1 Å². The van der Waals surface area contributed by atoms with E-state index in [1.807, 2.05) is 6.07 Å². The Morgan fingerprint density at radius 1 is 1.16 bits per heavy atom. The highest BCUT2D eigenvalue weighted by Crippen LogP contribution is 2.40. The average Bonchev–Trinajstić information content (AvgIpc) is 3.16. The number of aromatic nitrogens is 2. The van der Waals surface area contributed by atoms with Crippen LogP contribution in [-0.2, 0) is 19.3 Å². The Bertz CT molecular complexity index is 940. The first-order valence-corrected chi connectivity index (χ1v) is 11.4. The van der Waals surface area contributed by atoms with Gasteiger partial charge in [0.05, 0.1) is 30.2 Å². The molecule has 0 bridgehead atoms. The molecule has 168 valence electrons. The van der Waals surface area contributed by atoms with Gasteiger partial charge in [0.15, 0.2) is 0 Å². The lowest BCUT2D eigenvalue weighted by Crippen LogP contribution is -2.32. The van der Waals surface area contributed by atoms with Gasteiger partial charge in [-0.3, -0.25) is 0 Å². The van der Waals surface area contributed by atoms with Crippen LogP contribution >= 0.6 is 0 Å². The fourth-order valence-corrected chi connectivity index (χ4v) is 4.33. The number of anilines is 1. The number of methoxy groups -OCH3 is 1. The molecular weight excluding hydrogens is 390 g/mol. The Hall–Kier alpha value is -2.83. The quantitative estimate of drug-likeness (QED) is 0.548. The van der Waals surface area contributed by atoms with Gasteiger partial charge in [0.25, 0.3) is 0 Å². The summed E-state index contributed by atoms with van der Waals surface area (Å²) < 4.78 is 5.75. The van der Waals surface area contributed by atoms with E-state index in [9.17, 15) is 4.79 Å². The van der Waals surface area contributed by atoms with E-state index in [2.05, 4.69) is 44.4 Å². The van der Waals surface area contributed by atoms with Gasteiger partial charge < -0.3 is 21.1 Å². The van der Waals surface area contributed by atoms with E-state index in [-0.39, 0.29) is 6.04 Å². The maximum Gasteiger partial charge on any atom is 0.312 e. The summed E-state index contributed by atoms with van der Waals surface area (Å²) in [5, 5.41) is 6.42. The number of amides is 2. The van der Waals surface area contributed by atoms with Crippen molar-refractivity contribution < 1.29 is 9.53 Å². The van der Waals surface area contributed by atoms with E-state index in [0.29, 0.717) is 6.04 Å². The van der Waals surface area contributed by atoms with Crippen LogP contribution in [0.3, 0.4) is 0 Å². The van der Waals surface area contributed by atoms with Crippen LogP contribution in [0.2, 0.25) is 0 Å². The minimum atomic E-state index is -0.506. The number of rotatable bonds is 9. The van der Waals surface area contributed by atoms with Crippen molar-refractivity contribution in [3.63, 3.8) is 0 Å². The zero-order chi connectivity index (χ0) is 22.5. The highest BCUT2D eigenvalue weighted by atomic mass is 16.5. The molecule has 1 unspecified atom stereocenters. The van der Waals surface area contributed by atoms with E-state index in [1.165, 1.54) is 5.56 Å². The van der Waals surface area contributed by atoms with Crippen molar-refractivity contribution in [3.05, 3.63) is 34.6 Å². The van der Waals surface area contributed by atoms with Crippen LogP contribution in [0.4, 0.5) is 10.6 Å². The zero-order valence-electron chi connectivity index (χ0n) is 19.3. The predicted octanol–water partition coefficient (Wildman–Crippen LogP) is 4.53. The number of urea groups is 1. The third kappa shape index (κ3) is 4.75. The molecule has 1 aromatic heterocycles. The Morgan fingerprint density at radius 3 is 2.45 bits per heavy atom. The smallest absolute Gasteiger partial charge is 0.312 e. The molecule has 0 radical (unpaired) electrons. The summed E-state index contributed by atoms with van der Waals surface area (Å²) in [6, 6.07) is 3.96. The summed E-state index contributed by atoms with van der Waals surface area (Å²) in [7, 11) is 1.67. The number of carbonyl (C=O) groups is 1. The van der Waals surface area contributed by atoms with Gasteiger partial charge >= 0.3 is 6.03 Å². The number of ether oxygens (including phenoxy) is 1. The minimum Gasteiger partial charge on any atom is -0.496 e. The molecule has 2 amide bonds. The maximum atomic E-state index is 11.4. The van der Waals surface area contributed by atoms with Crippen molar-refractivity contribution in [2.45, 2.75) is 78.3 Å². The number of nitrogens with two attached hydrogens (primary N) is 1. The number of nitrogens with one attached hydrogen (secondary N) is 2. The highest BCUT2D eigenvalue weighted by Gasteiger charge is 2.27. The minimum absolute atomic E-state index is 0.0787. The van der Waals surface area contributed by atoms with Crippen molar-refractivity contribution in [1.82, 2.24) is 15.3 Å². The molecule has 4 N–H and O–H groups in total. The molecule has 0 saturated carbocycles. The molecule has 7 heteroatoms. The maximum absolute atomic E-state index is 11.4. The molecule has 1 aliphatic rings. The van der Waals surface area contributed by atoms with Crippen molar-refractivity contribution in [1.29, 1.82) is 0 Å². The summed E-state index contributed by atoms with van der Waals surface area (Å²) in [5.41, 5.74) is 11.4. The first kappa shape index (κ1) is 22.8. The highest BCUT2D eigenvalue weighted by molar-refractivity contribution is 5.75. The third-order valence-electron chi connectivity index (χ3n) is 6.15. The number of fused-ring (bicyclic) bond motifs is 1. The third-order valence-corrected chi connectivity index (χ3v) is 6.15. The number of benzene rings is 1. The summed E-state index contributed by atoms with van der Waals surface area (Å²) in [4.78, 5) is 21.4. The number of primary amides is 1. The molecule has 31 heavy (non-hydrogen) atoms. The lowest BCUT2D eigenvalue weighted by atomic mass is 9.99. The van der Waals surface area contributed by atoms with Gasteiger partial charge in [0.2, 0.25) is 0 Å². The molecule has 1 aliphatic carbocycles. The number of hydrogen-bond donors (Lipinski definition) is 3. The Kier molecular flexibility index (Phi) is 7.36. The zero-order valence-corrected chi connectivity index (χ0v) is 19.3. The molecule has 7 nitrogen and oxygen atoms in total. The first-order chi connectivity index (χ1) is 14.9. The van der Waals surface area contributed by atoms with Gasteiger partial charge in [-0.1, -0.05) is 27.7 Å². The summed E-state index contributed by atoms with van der Waals surface area (Å²) in [6.07, 6.45) is 5.37. The average molecular weight is 426 g/mol. The molecule has 3 rings (SSSR count). The van der Waals surface area contributed by atoms with Gasteiger partial charge in [-0.05, 0) is 61.8 Å². The molecule has 1 atom stereocenters. The summed E-state index contributed by atoms with van der Waals surface area (Å²) in [5.74, 6) is 1.63. The molecular formula is C24H35N5O2. The van der Waals surface area contributed by atoms with Gasteiger partial charge in [0, 0.05) is 11.6 Å². The second kappa shape index (κ2) is 9.98. The van der Waals surface area contributed by atoms with E-state index in [1.54, 1.807) is 7.11 Å². The van der Waals surface area contributed by atoms with Crippen LogP contribution in [0, 0.1) is 0 Å². The molecule has 1 aromatic carbocycles. The largest absolute Gasteiger partial charge is 0.496 e. The van der Waals surface area contributed by atoms with Crippen LogP contribution < -0.4 is 21.1 Å². The molecule has 0 saturated heterocycles. The van der Waals surface area contributed by atoms with Gasteiger partial charge in [-0.15, -0.1) is 0 Å². The number of carbonyl (C=O) groups excluding carboxylic acids is 1. The summed E-state index contributed by atoms with van der Waals surface area (Å²) >= 11 is 0. The SMILES string of the molecule is CCc1nc(-c2cc3c(cc2OC)C(NC(N)=O)CC3)c(CC)nc1NC(CC)CC. The monoisotopic (exact) mass is 425 g/mol. The predicted molar refractivity (Wildman–Crippen MR) is 125 cm³/mol. The second-order valence-corrected chi connectivity index (χ2v) is 8.03. The van der Waals surface area contributed by atoms with Crippen LogP contribution in [0.1, 0.15) is 75.5 Å².